The predicted molar refractivity (Wildman–Crippen MR) is 111 cm³/mol. The predicted octanol–water partition coefficient (Wildman–Crippen LogP) is 6.49. The third-order valence-electron chi connectivity index (χ3n) is 5.18. The van der Waals surface area contributed by atoms with E-state index in [4.69, 9.17) is 4.42 Å². The number of aromatic nitrogens is 2. The molecule has 2 heterocycles. The number of nitrogens with zero attached hydrogens (tertiary/aromatic N) is 2. The van der Waals surface area contributed by atoms with Gasteiger partial charge in [0.25, 0.3) is 0 Å². The Bertz CT molecular complexity index is 1290. The maximum absolute atomic E-state index is 6.15. The van der Waals surface area contributed by atoms with Gasteiger partial charge in [-0.2, -0.15) is 0 Å². The molecule has 3 heteroatoms. The molecule has 0 saturated heterocycles. The lowest BCUT2D eigenvalue weighted by molar-refractivity contribution is 0.590. The first-order valence-corrected chi connectivity index (χ1v) is 9.18. The van der Waals surface area contributed by atoms with Crippen molar-refractivity contribution in [3.05, 3.63) is 72.6 Å². The van der Waals surface area contributed by atoms with Crippen LogP contribution in [0, 0.1) is 0 Å². The lowest BCUT2D eigenvalue weighted by Crippen LogP contribution is -2.10. The molecule has 132 valence electrons. The summed E-state index contributed by atoms with van der Waals surface area (Å²) in [5, 5.41) is 4.29. The normalized spacial score (nSPS) is 12.3. The largest absolute Gasteiger partial charge is 0.437 e. The summed E-state index contributed by atoms with van der Waals surface area (Å²) in [4.78, 5) is 8.99. The zero-order valence-electron chi connectivity index (χ0n) is 15.7. The number of hydrogen-bond acceptors (Lipinski definition) is 3. The highest BCUT2D eigenvalue weighted by molar-refractivity contribution is 6.17. The molecule has 5 aromatic rings. The molecule has 0 saturated carbocycles. The minimum Gasteiger partial charge on any atom is -0.437 e. The second kappa shape index (κ2) is 5.65. The van der Waals surface area contributed by atoms with Crippen molar-refractivity contribution in [1.29, 1.82) is 0 Å². The van der Waals surface area contributed by atoms with Crippen LogP contribution < -0.4 is 0 Å². The van der Waals surface area contributed by atoms with E-state index in [1.165, 1.54) is 5.56 Å². The van der Waals surface area contributed by atoms with Gasteiger partial charge in [0.1, 0.15) is 11.9 Å². The summed E-state index contributed by atoms with van der Waals surface area (Å²) < 4.78 is 6.15. The standard InChI is InChI=1S/C24H20N2O/c1-24(2,3)17-11-8-16(9-12-17)21-20-19-13-10-15-6-4-5-7-18(15)22(19)27-23(20)26-14-25-21/h4-14H,1-3H3. The summed E-state index contributed by atoms with van der Waals surface area (Å²) in [7, 11) is 0. The highest BCUT2D eigenvalue weighted by Crippen LogP contribution is 2.37. The van der Waals surface area contributed by atoms with Crippen molar-refractivity contribution in [2.24, 2.45) is 0 Å². The molecule has 2 aromatic heterocycles. The molecule has 0 amide bonds. The molecule has 0 aliphatic carbocycles. The molecular formula is C24H20N2O. The van der Waals surface area contributed by atoms with E-state index in [2.05, 4.69) is 79.3 Å². The summed E-state index contributed by atoms with van der Waals surface area (Å²) >= 11 is 0. The molecule has 0 aliphatic rings. The zero-order valence-corrected chi connectivity index (χ0v) is 15.7. The molecule has 0 fully saturated rings. The lowest BCUT2D eigenvalue weighted by Gasteiger charge is -2.19. The van der Waals surface area contributed by atoms with Gasteiger partial charge in [-0.25, -0.2) is 9.97 Å². The molecule has 0 radical (unpaired) electrons. The molecule has 0 atom stereocenters. The van der Waals surface area contributed by atoms with Crippen molar-refractivity contribution in [3.8, 4) is 11.3 Å². The van der Waals surface area contributed by atoms with Gasteiger partial charge in [-0.05, 0) is 22.4 Å². The quantitative estimate of drug-likeness (QED) is 0.346. The van der Waals surface area contributed by atoms with Crippen LogP contribution in [-0.4, -0.2) is 9.97 Å². The van der Waals surface area contributed by atoms with E-state index in [9.17, 15) is 0 Å². The highest BCUT2D eigenvalue weighted by atomic mass is 16.3. The zero-order chi connectivity index (χ0) is 18.6. The van der Waals surface area contributed by atoms with Gasteiger partial charge in [0, 0.05) is 16.3 Å². The summed E-state index contributed by atoms with van der Waals surface area (Å²) in [6.45, 7) is 6.67. The van der Waals surface area contributed by atoms with Crippen LogP contribution in [0.15, 0.2) is 71.4 Å². The molecule has 0 unspecified atom stereocenters. The summed E-state index contributed by atoms with van der Waals surface area (Å²) in [5.74, 6) is 0. The number of furan rings is 1. The van der Waals surface area contributed by atoms with Gasteiger partial charge < -0.3 is 4.42 Å². The van der Waals surface area contributed by atoms with Gasteiger partial charge in [-0.3, -0.25) is 0 Å². The van der Waals surface area contributed by atoms with Crippen molar-refractivity contribution >= 4 is 32.8 Å². The van der Waals surface area contributed by atoms with Crippen molar-refractivity contribution in [2.45, 2.75) is 26.2 Å². The van der Waals surface area contributed by atoms with Crippen LogP contribution in [0.3, 0.4) is 0 Å². The fourth-order valence-electron chi connectivity index (χ4n) is 3.68. The monoisotopic (exact) mass is 352 g/mol. The molecule has 0 N–H and O–H groups in total. The molecule has 0 spiro atoms. The van der Waals surface area contributed by atoms with Gasteiger partial charge in [-0.1, -0.05) is 75.4 Å². The molecule has 3 nitrogen and oxygen atoms in total. The summed E-state index contributed by atoms with van der Waals surface area (Å²) in [6, 6.07) is 21.1. The van der Waals surface area contributed by atoms with Crippen LogP contribution in [0.2, 0.25) is 0 Å². The fourth-order valence-corrected chi connectivity index (χ4v) is 3.68. The lowest BCUT2D eigenvalue weighted by atomic mass is 9.86. The Morgan fingerprint density at radius 2 is 1.56 bits per heavy atom. The van der Waals surface area contributed by atoms with E-state index in [0.29, 0.717) is 5.71 Å². The first-order chi connectivity index (χ1) is 13.0. The number of benzene rings is 3. The smallest absolute Gasteiger partial charge is 0.231 e. The highest BCUT2D eigenvalue weighted by Gasteiger charge is 2.18. The Kier molecular flexibility index (Phi) is 3.35. The van der Waals surface area contributed by atoms with Gasteiger partial charge >= 0.3 is 0 Å². The van der Waals surface area contributed by atoms with E-state index in [0.717, 1.165) is 38.4 Å². The first kappa shape index (κ1) is 16.0. The van der Waals surface area contributed by atoms with Crippen LogP contribution in [0.25, 0.3) is 44.1 Å². The summed E-state index contributed by atoms with van der Waals surface area (Å²) in [5.41, 5.74) is 4.92. The van der Waals surface area contributed by atoms with Crippen molar-refractivity contribution in [1.82, 2.24) is 9.97 Å². The van der Waals surface area contributed by atoms with Gasteiger partial charge in [-0.15, -0.1) is 0 Å². The first-order valence-electron chi connectivity index (χ1n) is 9.18. The number of rotatable bonds is 1. The van der Waals surface area contributed by atoms with E-state index in [1.807, 2.05) is 12.1 Å². The third-order valence-corrected chi connectivity index (χ3v) is 5.18. The Morgan fingerprint density at radius 3 is 2.33 bits per heavy atom. The Labute approximate surface area is 157 Å². The van der Waals surface area contributed by atoms with E-state index < -0.39 is 0 Å². The molecule has 3 aromatic carbocycles. The minimum atomic E-state index is 0.126. The maximum Gasteiger partial charge on any atom is 0.231 e. The summed E-state index contributed by atoms with van der Waals surface area (Å²) in [6.07, 6.45) is 1.58. The second-order valence-corrected chi connectivity index (χ2v) is 8.00. The number of hydrogen-bond donors (Lipinski definition) is 0. The average molecular weight is 352 g/mol. The minimum absolute atomic E-state index is 0.126. The molecule has 0 aliphatic heterocycles. The Balaban J connectivity index is 1.79. The van der Waals surface area contributed by atoms with Crippen molar-refractivity contribution < 1.29 is 4.42 Å². The van der Waals surface area contributed by atoms with E-state index in [1.54, 1.807) is 6.33 Å². The van der Waals surface area contributed by atoms with Crippen molar-refractivity contribution in [2.75, 3.05) is 0 Å². The Morgan fingerprint density at radius 1 is 0.778 bits per heavy atom. The average Bonchev–Trinajstić information content (AvgIpc) is 3.07. The molecule has 5 rings (SSSR count). The van der Waals surface area contributed by atoms with Gasteiger partial charge in [0.05, 0.1) is 11.1 Å². The topological polar surface area (TPSA) is 38.9 Å². The SMILES string of the molecule is CC(C)(C)c1ccc(-c2ncnc3oc4c5ccccc5ccc4c23)cc1. The molecule has 0 bridgehead atoms. The van der Waals surface area contributed by atoms with Crippen molar-refractivity contribution in [3.63, 3.8) is 0 Å². The molecule has 27 heavy (non-hydrogen) atoms. The van der Waals surface area contributed by atoms with E-state index in [-0.39, 0.29) is 5.41 Å². The maximum atomic E-state index is 6.15. The molecular weight excluding hydrogens is 332 g/mol. The van der Waals surface area contributed by atoms with Gasteiger partial charge in [0.2, 0.25) is 5.71 Å². The van der Waals surface area contributed by atoms with Crippen LogP contribution >= 0.6 is 0 Å². The number of fused-ring (bicyclic) bond motifs is 5. The van der Waals surface area contributed by atoms with Crippen LogP contribution in [-0.2, 0) is 5.41 Å². The third kappa shape index (κ3) is 2.50. The van der Waals surface area contributed by atoms with Gasteiger partial charge in [0.15, 0.2) is 0 Å². The van der Waals surface area contributed by atoms with Crippen LogP contribution in [0.1, 0.15) is 26.3 Å². The van der Waals surface area contributed by atoms with Crippen LogP contribution in [0.4, 0.5) is 0 Å². The Hall–Kier alpha value is -3.20. The fraction of sp³-hybridized carbons (Fsp3) is 0.167. The second-order valence-electron chi connectivity index (χ2n) is 8.00. The van der Waals surface area contributed by atoms with E-state index >= 15 is 0 Å². The van der Waals surface area contributed by atoms with Crippen LogP contribution in [0.5, 0.6) is 0 Å².